The second kappa shape index (κ2) is 6.30. The minimum atomic E-state index is -0.201. The molecule has 1 N–H and O–H groups in total. The molecular formula is C16H15BrFNOS. The highest BCUT2D eigenvalue weighted by molar-refractivity contribution is 9.10. The predicted octanol–water partition coefficient (Wildman–Crippen LogP) is 5.48. The van der Waals surface area contributed by atoms with Gasteiger partial charge in [-0.15, -0.1) is 11.3 Å². The van der Waals surface area contributed by atoms with E-state index in [1.54, 1.807) is 23.7 Å². The number of benzene rings is 1. The van der Waals surface area contributed by atoms with Gasteiger partial charge in [0, 0.05) is 9.58 Å². The molecule has 0 fully saturated rings. The largest absolute Gasteiger partial charge is 0.466 e. The number of hydrogen-bond acceptors (Lipinski definition) is 3. The van der Waals surface area contributed by atoms with E-state index < -0.39 is 0 Å². The molecule has 1 unspecified atom stereocenters. The number of nitrogens with one attached hydrogen (secondary N) is 1. The Hall–Kier alpha value is -1.17. The lowest BCUT2D eigenvalue weighted by Crippen LogP contribution is -2.22. The lowest BCUT2D eigenvalue weighted by atomic mass is 10.1. The first-order chi connectivity index (χ1) is 10.2. The first-order valence-corrected chi connectivity index (χ1v) is 8.45. The third-order valence-corrected chi connectivity index (χ3v) is 5.11. The molecule has 0 radical (unpaired) electrons. The minimum absolute atomic E-state index is 0.0187. The molecule has 1 aromatic carbocycles. The number of thiophene rings is 1. The standard InChI is InChI=1S/C16H15BrFNOS/c1-2-6-19-15(16-12(17)5-7-20-16)14-8-10-3-4-11(18)9-13(10)21-14/h3-5,7-9,15,19H,2,6H2,1H3. The molecular weight excluding hydrogens is 353 g/mol. The van der Waals surface area contributed by atoms with E-state index in [1.807, 2.05) is 12.1 Å². The number of fused-ring (bicyclic) bond motifs is 1. The first kappa shape index (κ1) is 14.8. The maximum Gasteiger partial charge on any atom is 0.140 e. The Bertz CT molecular complexity index is 752. The van der Waals surface area contributed by atoms with Gasteiger partial charge in [0.05, 0.1) is 10.7 Å². The van der Waals surface area contributed by atoms with Crippen LogP contribution in [0.25, 0.3) is 10.1 Å². The van der Waals surface area contributed by atoms with Gasteiger partial charge < -0.3 is 9.73 Å². The van der Waals surface area contributed by atoms with Crippen molar-refractivity contribution >= 4 is 37.4 Å². The van der Waals surface area contributed by atoms with E-state index in [9.17, 15) is 4.39 Å². The van der Waals surface area contributed by atoms with Gasteiger partial charge in [-0.2, -0.15) is 0 Å². The summed E-state index contributed by atoms with van der Waals surface area (Å²) in [6.45, 7) is 3.02. The van der Waals surface area contributed by atoms with Gasteiger partial charge in [0.15, 0.2) is 0 Å². The van der Waals surface area contributed by atoms with Crippen LogP contribution in [-0.4, -0.2) is 6.54 Å². The van der Waals surface area contributed by atoms with Crippen LogP contribution in [0.15, 0.2) is 45.5 Å². The average Bonchev–Trinajstić information content (AvgIpc) is 3.06. The summed E-state index contributed by atoms with van der Waals surface area (Å²) in [4.78, 5) is 1.12. The molecule has 2 nitrogen and oxygen atoms in total. The van der Waals surface area contributed by atoms with Crippen molar-refractivity contribution in [2.24, 2.45) is 0 Å². The average molecular weight is 368 g/mol. The Labute approximate surface area is 135 Å². The monoisotopic (exact) mass is 367 g/mol. The smallest absolute Gasteiger partial charge is 0.140 e. The Morgan fingerprint density at radius 3 is 2.90 bits per heavy atom. The lowest BCUT2D eigenvalue weighted by molar-refractivity contribution is 0.447. The van der Waals surface area contributed by atoms with E-state index in [4.69, 9.17) is 4.42 Å². The molecule has 0 spiro atoms. The van der Waals surface area contributed by atoms with Crippen LogP contribution < -0.4 is 5.32 Å². The van der Waals surface area contributed by atoms with Gasteiger partial charge in [0.2, 0.25) is 0 Å². The summed E-state index contributed by atoms with van der Waals surface area (Å²) in [6.07, 6.45) is 2.71. The van der Waals surface area contributed by atoms with Crippen molar-refractivity contribution < 1.29 is 8.81 Å². The van der Waals surface area contributed by atoms with Gasteiger partial charge >= 0.3 is 0 Å². The van der Waals surface area contributed by atoms with Crippen LogP contribution in [0.4, 0.5) is 4.39 Å². The van der Waals surface area contributed by atoms with E-state index in [1.165, 1.54) is 6.07 Å². The fourth-order valence-electron chi connectivity index (χ4n) is 2.29. The zero-order valence-corrected chi connectivity index (χ0v) is 13.9. The number of halogens is 2. The van der Waals surface area contributed by atoms with E-state index >= 15 is 0 Å². The van der Waals surface area contributed by atoms with Gasteiger partial charge in [-0.1, -0.05) is 13.0 Å². The summed E-state index contributed by atoms with van der Waals surface area (Å²) >= 11 is 5.12. The molecule has 110 valence electrons. The molecule has 0 aliphatic carbocycles. The number of furan rings is 1. The van der Waals surface area contributed by atoms with Crippen LogP contribution in [0.1, 0.15) is 30.0 Å². The van der Waals surface area contributed by atoms with Crippen molar-refractivity contribution in [1.82, 2.24) is 5.32 Å². The van der Waals surface area contributed by atoms with Gasteiger partial charge in [-0.05, 0) is 58.5 Å². The molecule has 3 rings (SSSR count). The molecule has 0 aliphatic rings. The molecule has 3 aromatic rings. The van der Waals surface area contributed by atoms with Crippen LogP contribution in [0.3, 0.4) is 0 Å². The SMILES string of the molecule is CCCNC(c1cc2ccc(F)cc2s1)c1occc1Br. The van der Waals surface area contributed by atoms with Crippen LogP contribution in [0, 0.1) is 5.82 Å². The summed E-state index contributed by atoms with van der Waals surface area (Å²) in [5.41, 5.74) is 0. The maximum absolute atomic E-state index is 13.4. The fraction of sp³-hybridized carbons (Fsp3) is 0.250. The summed E-state index contributed by atoms with van der Waals surface area (Å²) in [7, 11) is 0. The molecule has 0 amide bonds. The second-order valence-electron chi connectivity index (χ2n) is 4.85. The predicted molar refractivity (Wildman–Crippen MR) is 88.3 cm³/mol. The van der Waals surface area contributed by atoms with E-state index in [0.29, 0.717) is 0 Å². The summed E-state index contributed by atoms with van der Waals surface area (Å²) in [5, 5.41) is 4.56. The molecule has 0 aliphatic heterocycles. The molecule has 1 atom stereocenters. The third-order valence-electron chi connectivity index (χ3n) is 3.29. The molecule has 5 heteroatoms. The highest BCUT2D eigenvalue weighted by Gasteiger charge is 2.21. The normalized spacial score (nSPS) is 12.9. The molecule has 0 saturated heterocycles. The van der Waals surface area contributed by atoms with Crippen LogP contribution in [0.2, 0.25) is 0 Å². The first-order valence-electron chi connectivity index (χ1n) is 6.84. The van der Waals surface area contributed by atoms with Gasteiger partial charge in [0.25, 0.3) is 0 Å². The van der Waals surface area contributed by atoms with Crippen LogP contribution in [0.5, 0.6) is 0 Å². The van der Waals surface area contributed by atoms with Crippen molar-refractivity contribution in [1.29, 1.82) is 0 Å². The molecule has 0 saturated carbocycles. The molecule has 0 bridgehead atoms. The van der Waals surface area contributed by atoms with Gasteiger partial charge in [-0.3, -0.25) is 0 Å². The van der Waals surface area contributed by atoms with Crippen molar-refractivity contribution in [3.05, 3.63) is 57.5 Å². The quantitative estimate of drug-likeness (QED) is 0.645. The van der Waals surface area contributed by atoms with Crippen molar-refractivity contribution in [3.63, 3.8) is 0 Å². The maximum atomic E-state index is 13.4. The number of hydrogen-bond donors (Lipinski definition) is 1. The van der Waals surface area contributed by atoms with Crippen molar-refractivity contribution in [2.75, 3.05) is 6.54 Å². The second-order valence-corrected chi connectivity index (χ2v) is 6.82. The van der Waals surface area contributed by atoms with E-state index in [-0.39, 0.29) is 11.9 Å². The van der Waals surface area contributed by atoms with Crippen molar-refractivity contribution in [2.45, 2.75) is 19.4 Å². The highest BCUT2D eigenvalue weighted by Crippen LogP contribution is 2.36. The highest BCUT2D eigenvalue weighted by atomic mass is 79.9. The Balaban J connectivity index is 2.03. The molecule has 21 heavy (non-hydrogen) atoms. The topological polar surface area (TPSA) is 25.2 Å². The fourth-order valence-corrected chi connectivity index (χ4v) is 3.89. The van der Waals surface area contributed by atoms with Crippen LogP contribution in [-0.2, 0) is 0 Å². The zero-order valence-electron chi connectivity index (χ0n) is 11.5. The van der Waals surface area contributed by atoms with Gasteiger partial charge in [0.1, 0.15) is 17.6 Å². The summed E-state index contributed by atoms with van der Waals surface area (Å²) in [6, 6.07) is 8.87. The molecule has 2 aromatic heterocycles. The minimum Gasteiger partial charge on any atom is -0.466 e. The van der Waals surface area contributed by atoms with Crippen LogP contribution >= 0.6 is 27.3 Å². The van der Waals surface area contributed by atoms with Crippen molar-refractivity contribution in [3.8, 4) is 0 Å². The van der Waals surface area contributed by atoms with Gasteiger partial charge in [-0.25, -0.2) is 4.39 Å². The van der Waals surface area contributed by atoms with E-state index in [2.05, 4.69) is 34.2 Å². The summed E-state index contributed by atoms with van der Waals surface area (Å²) in [5.74, 6) is 0.656. The Kier molecular flexibility index (Phi) is 4.42. The molecule has 2 heterocycles. The number of rotatable bonds is 5. The van der Waals surface area contributed by atoms with E-state index in [0.717, 1.165) is 38.2 Å². The Morgan fingerprint density at radius 2 is 2.19 bits per heavy atom. The Morgan fingerprint density at radius 1 is 1.33 bits per heavy atom. The third kappa shape index (κ3) is 3.05. The summed E-state index contributed by atoms with van der Waals surface area (Å²) < 4.78 is 20.9. The zero-order chi connectivity index (χ0) is 14.8. The lowest BCUT2D eigenvalue weighted by Gasteiger charge is -2.15.